The SMILES string of the molecule is Cc1ccc(NS(=O)(=O)c2n[nH]c(C)c2CN)cc1Cl. The van der Waals surface area contributed by atoms with Crippen molar-refractivity contribution in [2.45, 2.75) is 25.4 Å². The van der Waals surface area contributed by atoms with E-state index >= 15 is 0 Å². The molecule has 0 amide bonds. The van der Waals surface area contributed by atoms with Gasteiger partial charge in [-0.15, -0.1) is 0 Å². The monoisotopic (exact) mass is 314 g/mol. The van der Waals surface area contributed by atoms with Crippen LogP contribution in [0.1, 0.15) is 16.8 Å². The molecular weight excluding hydrogens is 300 g/mol. The van der Waals surface area contributed by atoms with Gasteiger partial charge in [-0.2, -0.15) is 13.5 Å². The number of halogens is 1. The highest BCUT2D eigenvalue weighted by Gasteiger charge is 2.23. The smallest absolute Gasteiger partial charge is 0.281 e. The normalized spacial score (nSPS) is 11.6. The van der Waals surface area contributed by atoms with Gasteiger partial charge in [0.2, 0.25) is 5.03 Å². The fourth-order valence-electron chi connectivity index (χ4n) is 1.75. The molecule has 1 aromatic carbocycles. The van der Waals surface area contributed by atoms with Crippen molar-refractivity contribution in [2.24, 2.45) is 5.73 Å². The third-order valence-electron chi connectivity index (χ3n) is 2.92. The highest BCUT2D eigenvalue weighted by atomic mass is 35.5. The molecule has 0 atom stereocenters. The van der Waals surface area contributed by atoms with Gasteiger partial charge in [0, 0.05) is 22.8 Å². The van der Waals surface area contributed by atoms with E-state index in [0.29, 0.717) is 22.0 Å². The number of nitrogens with two attached hydrogens (primary N) is 1. The topological polar surface area (TPSA) is 101 Å². The van der Waals surface area contributed by atoms with Crippen molar-refractivity contribution in [3.63, 3.8) is 0 Å². The van der Waals surface area contributed by atoms with E-state index in [1.165, 1.54) is 0 Å². The molecule has 20 heavy (non-hydrogen) atoms. The Bertz CT molecular complexity index is 740. The molecule has 1 aromatic heterocycles. The Balaban J connectivity index is 2.38. The summed E-state index contributed by atoms with van der Waals surface area (Å²) in [4.78, 5) is 0. The van der Waals surface area contributed by atoms with Gasteiger partial charge in [-0.25, -0.2) is 0 Å². The van der Waals surface area contributed by atoms with Crippen molar-refractivity contribution < 1.29 is 8.42 Å². The number of nitrogens with one attached hydrogen (secondary N) is 2. The number of aromatic nitrogens is 2. The average Bonchev–Trinajstić information content (AvgIpc) is 2.75. The maximum atomic E-state index is 12.3. The van der Waals surface area contributed by atoms with Crippen molar-refractivity contribution in [1.29, 1.82) is 0 Å². The molecule has 2 aromatic rings. The van der Waals surface area contributed by atoms with Crippen molar-refractivity contribution in [1.82, 2.24) is 10.2 Å². The molecule has 0 radical (unpaired) electrons. The highest BCUT2D eigenvalue weighted by molar-refractivity contribution is 7.92. The molecule has 8 heteroatoms. The van der Waals surface area contributed by atoms with Crippen LogP contribution in [0.2, 0.25) is 5.02 Å². The van der Waals surface area contributed by atoms with Crippen LogP contribution >= 0.6 is 11.6 Å². The lowest BCUT2D eigenvalue weighted by atomic mass is 10.2. The number of aryl methyl sites for hydroxylation is 2. The Kier molecular flexibility index (Phi) is 4.03. The van der Waals surface area contributed by atoms with E-state index in [4.69, 9.17) is 17.3 Å². The first-order valence-corrected chi connectivity index (χ1v) is 7.74. The van der Waals surface area contributed by atoms with E-state index < -0.39 is 10.0 Å². The second-order valence-electron chi connectivity index (χ2n) is 4.41. The van der Waals surface area contributed by atoms with Crippen LogP contribution in [-0.4, -0.2) is 18.6 Å². The standard InChI is InChI=1S/C12H15ClN4O2S/c1-7-3-4-9(5-11(7)13)17-20(18,19)12-10(6-14)8(2)15-16-12/h3-5,17H,6,14H2,1-2H3,(H,15,16). The first kappa shape index (κ1) is 14.8. The molecule has 0 aliphatic heterocycles. The highest BCUT2D eigenvalue weighted by Crippen LogP contribution is 2.23. The zero-order valence-electron chi connectivity index (χ0n) is 11.1. The van der Waals surface area contributed by atoms with E-state index in [0.717, 1.165) is 5.56 Å². The Morgan fingerprint density at radius 3 is 2.70 bits per heavy atom. The fourth-order valence-corrected chi connectivity index (χ4v) is 3.19. The number of rotatable bonds is 4. The van der Waals surface area contributed by atoms with E-state index in [-0.39, 0.29) is 11.6 Å². The minimum atomic E-state index is -3.80. The minimum absolute atomic E-state index is 0.0887. The maximum absolute atomic E-state index is 12.3. The molecular formula is C12H15ClN4O2S. The van der Waals surface area contributed by atoms with Crippen LogP contribution in [0.3, 0.4) is 0 Å². The Morgan fingerprint density at radius 2 is 2.10 bits per heavy atom. The number of nitrogens with zero attached hydrogens (tertiary/aromatic N) is 1. The van der Waals surface area contributed by atoms with Crippen molar-refractivity contribution >= 4 is 27.3 Å². The predicted octanol–water partition coefficient (Wildman–Crippen LogP) is 1.94. The zero-order chi connectivity index (χ0) is 14.9. The summed E-state index contributed by atoms with van der Waals surface area (Å²) in [5.74, 6) is 0. The lowest BCUT2D eigenvalue weighted by Gasteiger charge is -2.08. The van der Waals surface area contributed by atoms with E-state index in [1.807, 2.05) is 6.92 Å². The van der Waals surface area contributed by atoms with Crippen LogP contribution in [-0.2, 0) is 16.6 Å². The molecule has 0 aliphatic rings. The molecule has 0 spiro atoms. The van der Waals surface area contributed by atoms with Crippen LogP contribution in [0.5, 0.6) is 0 Å². The number of H-pyrrole nitrogens is 1. The molecule has 4 N–H and O–H groups in total. The van der Waals surface area contributed by atoms with Gasteiger partial charge in [0.25, 0.3) is 10.0 Å². The van der Waals surface area contributed by atoms with Gasteiger partial charge < -0.3 is 5.73 Å². The molecule has 0 unspecified atom stereocenters. The number of aromatic amines is 1. The van der Waals surface area contributed by atoms with E-state index in [9.17, 15) is 8.42 Å². The fraction of sp³-hybridized carbons (Fsp3) is 0.250. The molecule has 0 fully saturated rings. The second-order valence-corrected chi connectivity index (χ2v) is 6.41. The van der Waals surface area contributed by atoms with Gasteiger partial charge in [-0.3, -0.25) is 9.82 Å². The van der Waals surface area contributed by atoms with Gasteiger partial charge in [0.15, 0.2) is 0 Å². The van der Waals surface area contributed by atoms with Gasteiger partial charge in [0.05, 0.1) is 5.69 Å². The quantitative estimate of drug-likeness (QED) is 0.802. The largest absolute Gasteiger partial charge is 0.326 e. The third kappa shape index (κ3) is 2.79. The van der Waals surface area contributed by atoms with Crippen LogP contribution in [0.25, 0.3) is 0 Å². The summed E-state index contributed by atoms with van der Waals surface area (Å²) in [6.45, 7) is 3.65. The number of benzene rings is 1. The number of hydrogen-bond donors (Lipinski definition) is 3. The van der Waals surface area contributed by atoms with Crippen LogP contribution < -0.4 is 10.5 Å². The van der Waals surface area contributed by atoms with Gasteiger partial charge in [-0.1, -0.05) is 17.7 Å². The van der Waals surface area contributed by atoms with E-state index in [2.05, 4.69) is 14.9 Å². The summed E-state index contributed by atoms with van der Waals surface area (Å²) in [6.07, 6.45) is 0. The van der Waals surface area contributed by atoms with Crippen molar-refractivity contribution in [3.05, 3.63) is 40.0 Å². The maximum Gasteiger partial charge on any atom is 0.281 e. The molecule has 0 bridgehead atoms. The van der Waals surface area contributed by atoms with Gasteiger partial charge in [0.1, 0.15) is 0 Å². The van der Waals surface area contributed by atoms with Crippen LogP contribution in [0, 0.1) is 13.8 Å². The summed E-state index contributed by atoms with van der Waals surface area (Å²) in [5, 5.41) is 6.83. The molecule has 0 saturated carbocycles. The number of anilines is 1. The number of sulfonamides is 1. The molecule has 0 aliphatic carbocycles. The summed E-state index contributed by atoms with van der Waals surface area (Å²) in [7, 11) is -3.80. The van der Waals surface area contributed by atoms with Gasteiger partial charge >= 0.3 is 0 Å². The average molecular weight is 315 g/mol. The predicted molar refractivity (Wildman–Crippen MR) is 78.2 cm³/mol. The third-order valence-corrected chi connectivity index (χ3v) is 4.68. The summed E-state index contributed by atoms with van der Waals surface area (Å²) < 4.78 is 27.0. The molecule has 6 nitrogen and oxygen atoms in total. The number of hydrogen-bond acceptors (Lipinski definition) is 4. The minimum Gasteiger partial charge on any atom is -0.326 e. The molecule has 0 saturated heterocycles. The Morgan fingerprint density at radius 1 is 1.40 bits per heavy atom. The lowest BCUT2D eigenvalue weighted by Crippen LogP contribution is -2.16. The molecule has 2 rings (SSSR count). The van der Waals surface area contributed by atoms with Crippen LogP contribution in [0.15, 0.2) is 23.2 Å². The first-order chi connectivity index (χ1) is 9.35. The summed E-state index contributed by atoms with van der Waals surface area (Å²) in [6, 6.07) is 4.93. The Labute approximate surface area is 122 Å². The van der Waals surface area contributed by atoms with Gasteiger partial charge in [-0.05, 0) is 31.5 Å². The van der Waals surface area contributed by atoms with Crippen molar-refractivity contribution in [2.75, 3.05) is 4.72 Å². The second kappa shape index (κ2) is 5.43. The summed E-state index contributed by atoms with van der Waals surface area (Å²) >= 11 is 5.97. The molecule has 1 heterocycles. The summed E-state index contributed by atoms with van der Waals surface area (Å²) in [5.41, 5.74) is 7.91. The van der Waals surface area contributed by atoms with Crippen LogP contribution in [0.4, 0.5) is 5.69 Å². The van der Waals surface area contributed by atoms with E-state index in [1.54, 1.807) is 25.1 Å². The zero-order valence-corrected chi connectivity index (χ0v) is 12.6. The lowest BCUT2D eigenvalue weighted by molar-refractivity contribution is 0.596. The van der Waals surface area contributed by atoms with Crippen molar-refractivity contribution in [3.8, 4) is 0 Å². The Hall–Kier alpha value is -1.57. The molecule has 108 valence electrons. The first-order valence-electron chi connectivity index (χ1n) is 5.88.